The van der Waals surface area contributed by atoms with E-state index in [1.165, 1.54) is 49.0 Å². The Hall–Kier alpha value is -6.09. The highest BCUT2D eigenvalue weighted by atomic mass is 16.6. The summed E-state index contributed by atoms with van der Waals surface area (Å²) in [4.78, 5) is 67.3. The summed E-state index contributed by atoms with van der Waals surface area (Å²) in [6, 6.07) is 10.1. The third-order valence-electron chi connectivity index (χ3n) is 8.78. The highest BCUT2D eigenvalue weighted by Gasteiger charge is 2.46. The zero-order valence-electron chi connectivity index (χ0n) is 27.7. The fourth-order valence-electron chi connectivity index (χ4n) is 6.23. The molecule has 15 heteroatoms. The molecule has 0 spiro atoms. The lowest BCUT2D eigenvalue weighted by molar-refractivity contribution is 0.0485. The molecule has 50 heavy (non-hydrogen) atoms. The van der Waals surface area contributed by atoms with Crippen LogP contribution >= 0.6 is 0 Å². The molecule has 1 aromatic heterocycles. The Morgan fingerprint density at radius 3 is 2.32 bits per heavy atom. The van der Waals surface area contributed by atoms with E-state index in [4.69, 9.17) is 23.7 Å². The second-order valence-electron chi connectivity index (χ2n) is 11.8. The molecule has 1 saturated heterocycles. The largest absolute Gasteiger partial charge is 0.493 e. The van der Waals surface area contributed by atoms with E-state index >= 15 is 0 Å². The van der Waals surface area contributed by atoms with Crippen LogP contribution in [0.25, 0.3) is 0 Å². The molecule has 0 radical (unpaired) electrons. The van der Waals surface area contributed by atoms with Gasteiger partial charge in [0.25, 0.3) is 5.91 Å². The summed E-state index contributed by atoms with van der Waals surface area (Å²) in [5, 5.41) is 14.0. The number of carbonyl (C=O) groups excluding carboxylic acids is 5. The number of aliphatic hydroxyl groups is 1. The number of carbonyl (C=O) groups is 5. The first-order chi connectivity index (χ1) is 23.9. The van der Waals surface area contributed by atoms with Crippen LogP contribution in [-0.2, 0) is 34.5 Å². The van der Waals surface area contributed by atoms with E-state index in [9.17, 15) is 29.1 Å². The number of Topliss-reactive ketones (excluding diaryl/α,β-unsaturated/α-hetero) is 1. The maximum Gasteiger partial charge on any atom is 0.416 e. The van der Waals surface area contributed by atoms with Crippen molar-refractivity contribution in [1.29, 1.82) is 0 Å². The van der Waals surface area contributed by atoms with Crippen LogP contribution in [0.4, 0.5) is 21.0 Å². The van der Waals surface area contributed by atoms with Crippen molar-refractivity contribution in [2.45, 2.75) is 31.9 Å². The third kappa shape index (κ3) is 6.02. The van der Waals surface area contributed by atoms with E-state index in [1.807, 2.05) is 0 Å². The first-order valence-corrected chi connectivity index (χ1v) is 15.4. The number of ketones is 2. The summed E-state index contributed by atoms with van der Waals surface area (Å²) in [7, 11) is 5.74. The van der Waals surface area contributed by atoms with Crippen LogP contribution in [0.5, 0.6) is 11.5 Å². The number of hydrogen-bond acceptors (Lipinski definition) is 11. The van der Waals surface area contributed by atoms with Crippen molar-refractivity contribution in [3.05, 3.63) is 94.5 Å². The van der Waals surface area contributed by atoms with Crippen molar-refractivity contribution in [3.8, 4) is 11.5 Å². The number of aromatic nitrogens is 1. The summed E-state index contributed by atoms with van der Waals surface area (Å²) in [5.74, 6) is -0.757. The highest BCUT2D eigenvalue weighted by Crippen LogP contribution is 2.41. The number of methoxy groups -OCH3 is 3. The average Bonchev–Trinajstić information content (AvgIpc) is 3.65. The quantitative estimate of drug-likeness (QED) is 0.328. The van der Waals surface area contributed by atoms with E-state index in [2.05, 4.69) is 11.9 Å². The number of benzene rings is 2. The van der Waals surface area contributed by atoms with Gasteiger partial charge in [-0.1, -0.05) is 24.3 Å². The predicted octanol–water partition coefficient (Wildman–Crippen LogP) is 3.95. The molecule has 1 aliphatic carbocycles. The van der Waals surface area contributed by atoms with Crippen molar-refractivity contribution in [2.24, 2.45) is 7.05 Å². The van der Waals surface area contributed by atoms with Crippen molar-refractivity contribution in [2.75, 3.05) is 38.1 Å². The summed E-state index contributed by atoms with van der Waals surface area (Å²) < 4.78 is 28.2. The Morgan fingerprint density at radius 2 is 1.64 bits per heavy atom. The minimum Gasteiger partial charge on any atom is -0.493 e. The second kappa shape index (κ2) is 13.4. The fraction of sp³-hybridized carbons (Fsp3) is 0.286. The van der Waals surface area contributed by atoms with Gasteiger partial charge in [-0.2, -0.15) is 0 Å². The van der Waals surface area contributed by atoms with Crippen molar-refractivity contribution >= 4 is 41.0 Å². The zero-order valence-corrected chi connectivity index (χ0v) is 27.7. The molecular formula is C35H34N4O11. The Labute approximate surface area is 286 Å². The molecule has 15 nitrogen and oxygen atoms in total. The molecule has 2 aliphatic heterocycles. The van der Waals surface area contributed by atoms with Gasteiger partial charge in [0, 0.05) is 31.4 Å². The van der Waals surface area contributed by atoms with Crippen LogP contribution in [0.15, 0.2) is 66.5 Å². The van der Waals surface area contributed by atoms with Gasteiger partial charge in [0.2, 0.25) is 11.6 Å². The van der Waals surface area contributed by atoms with Crippen LogP contribution in [-0.4, -0.2) is 84.4 Å². The average molecular weight is 687 g/mol. The number of hydrogen-bond donors (Lipinski definition) is 2. The lowest BCUT2D eigenvalue weighted by Crippen LogP contribution is -2.50. The van der Waals surface area contributed by atoms with Gasteiger partial charge in [0.05, 0.1) is 49.9 Å². The Kier molecular flexibility index (Phi) is 9.08. The topological polar surface area (TPSA) is 175 Å². The first-order valence-electron chi connectivity index (χ1n) is 15.4. The van der Waals surface area contributed by atoms with Gasteiger partial charge in [-0.05, 0) is 36.2 Å². The molecular weight excluding hydrogens is 652 g/mol. The fourth-order valence-corrected chi connectivity index (χ4v) is 6.23. The van der Waals surface area contributed by atoms with Crippen LogP contribution in [0.3, 0.4) is 0 Å². The Bertz CT molecular complexity index is 1960. The number of rotatable bonds is 8. The summed E-state index contributed by atoms with van der Waals surface area (Å²) >= 11 is 0. The third-order valence-corrected chi connectivity index (χ3v) is 8.78. The Balaban J connectivity index is 1.10. The van der Waals surface area contributed by atoms with Gasteiger partial charge in [-0.15, -0.1) is 0 Å². The first kappa shape index (κ1) is 33.8. The van der Waals surface area contributed by atoms with Gasteiger partial charge in [-0.25, -0.2) is 14.5 Å². The number of nitrogens with one attached hydrogen (secondary N) is 1. The molecule has 3 aliphatic rings. The minimum atomic E-state index is -1.44. The molecule has 2 aromatic carbocycles. The lowest BCUT2D eigenvalue weighted by Gasteiger charge is -2.31. The minimum absolute atomic E-state index is 0.0633. The van der Waals surface area contributed by atoms with E-state index < -0.39 is 41.9 Å². The lowest BCUT2D eigenvalue weighted by atomic mass is 10.0. The number of amides is 3. The molecule has 2 atom stereocenters. The molecule has 2 N–H and O–H groups in total. The summed E-state index contributed by atoms with van der Waals surface area (Å²) in [5.41, 5.74) is 2.70. The number of ether oxygens (including phenoxy) is 5. The van der Waals surface area contributed by atoms with Crippen LogP contribution in [0, 0.1) is 0 Å². The van der Waals surface area contributed by atoms with Crippen LogP contribution < -0.4 is 19.7 Å². The molecule has 3 heterocycles. The summed E-state index contributed by atoms with van der Waals surface area (Å²) in [6.45, 7) is 3.79. The van der Waals surface area contributed by atoms with E-state index in [0.29, 0.717) is 23.4 Å². The van der Waals surface area contributed by atoms with Gasteiger partial charge in [-0.3, -0.25) is 19.7 Å². The van der Waals surface area contributed by atoms with Gasteiger partial charge < -0.3 is 38.3 Å². The number of aliphatic hydroxyl groups excluding tert-OH is 1. The number of nitrogens with zero attached hydrogens (tertiary/aromatic N) is 3. The predicted molar refractivity (Wildman–Crippen MR) is 176 cm³/mol. The number of allylic oxidation sites excluding steroid dienone is 2. The maximum atomic E-state index is 13.6. The molecule has 260 valence electrons. The van der Waals surface area contributed by atoms with Crippen molar-refractivity contribution in [3.63, 3.8) is 0 Å². The maximum absolute atomic E-state index is 13.6. The van der Waals surface area contributed by atoms with E-state index in [0.717, 1.165) is 16.5 Å². The van der Waals surface area contributed by atoms with Gasteiger partial charge in [0.15, 0.2) is 23.5 Å². The standard InChI is InChI=1S/C35H34N4O11/c1-18-10-25-33(43)39(24-13-28(47-4)27(46-3)12-22(24)32(42)38(25)15-18)35(45)50-16-19-6-8-20(9-7-19)36-34(44)49-17-21-11-23-30(37(21)2)26(40)14-29(48-5)31(23)41/h6-9,11-14,25,33,43H,1,10,15-17H2,2-5H3,(H,36,44)/t25-,33?/m0/s1. The molecule has 1 unspecified atom stereocenters. The molecule has 6 rings (SSSR count). The van der Waals surface area contributed by atoms with E-state index in [1.54, 1.807) is 31.3 Å². The molecule has 3 aromatic rings. The second-order valence-corrected chi connectivity index (χ2v) is 11.8. The summed E-state index contributed by atoms with van der Waals surface area (Å²) in [6.07, 6.45) is -1.69. The van der Waals surface area contributed by atoms with Crippen molar-refractivity contribution in [1.82, 2.24) is 9.47 Å². The molecule has 1 fully saturated rings. The zero-order chi connectivity index (χ0) is 35.9. The van der Waals surface area contributed by atoms with Gasteiger partial charge >= 0.3 is 12.2 Å². The SMILES string of the molecule is C=C1C[C@H]2C(O)N(C(=O)OCc3ccc(NC(=O)OCc4cc5c(n4C)C(=O)C=C(OC)C5=O)cc3)c3cc(OC)c(OC)cc3C(=O)N2C1. The number of anilines is 2. The Morgan fingerprint density at radius 1 is 0.940 bits per heavy atom. The monoisotopic (exact) mass is 686 g/mol. The molecule has 3 amide bonds. The van der Waals surface area contributed by atoms with Crippen LogP contribution in [0.1, 0.15) is 48.9 Å². The number of fused-ring (bicyclic) bond motifs is 3. The molecule has 0 bridgehead atoms. The normalized spacial score (nSPS) is 18.1. The molecule has 0 saturated carbocycles. The van der Waals surface area contributed by atoms with Crippen molar-refractivity contribution < 1.29 is 52.8 Å². The van der Waals surface area contributed by atoms with Gasteiger partial charge in [0.1, 0.15) is 18.9 Å². The van der Waals surface area contributed by atoms with E-state index in [-0.39, 0.29) is 59.5 Å². The smallest absolute Gasteiger partial charge is 0.416 e. The van der Waals surface area contributed by atoms with Crippen LogP contribution in [0.2, 0.25) is 0 Å². The highest BCUT2D eigenvalue weighted by molar-refractivity contribution is 6.23.